The summed E-state index contributed by atoms with van der Waals surface area (Å²) in [4.78, 5) is 37.5. The summed E-state index contributed by atoms with van der Waals surface area (Å²) < 4.78 is 22.8. The molecule has 0 bridgehead atoms. The summed E-state index contributed by atoms with van der Waals surface area (Å²) >= 11 is 0. The highest BCUT2D eigenvalue weighted by Gasteiger charge is 2.22. The lowest BCUT2D eigenvalue weighted by Gasteiger charge is -2.26. The van der Waals surface area contributed by atoms with Crippen LogP contribution in [0.25, 0.3) is 0 Å². The van der Waals surface area contributed by atoms with Gasteiger partial charge in [-0.1, -0.05) is 324 Å². The van der Waals surface area contributed by atoms with E-state index in [-0.39, 0.29) is 38.6 Å². The molecule has 85 heavy (non-hydrogen) atoms. The zero-order valence-electron chi connectivity index (χ0n) is 56.2. The van der Waals surface area contributed by atoms with Crippen LogP contribution < -0.4 is 5.11 Å². The van der Waals surface area contributed by atoms with Crippen LogP contribution in [-0.2, 0) is 33.3 Å². The van der Waals surface area contributed by atoms with E-state index in [2.05, 4.69) is 98.9 Å². The van der Waals surface area contributed by atoms with Crippen molar-refractivity contribution in [1.82, 2.24) is 0 Å². The van der Waals surface area contributed by atoms with E-state index in [4.69, 9.17) is 18.9 Å². The van der Waals surface area contributed by atoms with Gasteiger partial charge in [-0.05, 0) is 70.6 Å². The molecule has 0 amide bonds. The number of carbonyl (C=O) groups excluding carboxylic acids is 3. The van der Waals surface area contributed by atoms with E-state index in [0.717, 1.165) is 96.3 Å². The number of esters is 2. The molecule has 0 aromatic carbocycles. The Balaban J connectivity index is 4.11. The number of nitrogens with zero attached hydrogens (tertiary/aromatic N) is 1. The molecule has 2 unspecified atom stereocenters. The SMILES string of the molecule is CC/C=C\C/C=C\C/C=C\C/C=C\C/C=C\C/C=C\C/C=C\CCCCCCCC(=O)OC(COC(=O)CCCCCCCCCCCCCCCCCCCCCCCCCCCCCCCCCCC)COC(OCC[N+](C)(C)C)C(=O)[O-]. The molecule has 0 radical (unpaired) electrons. The Kier molecular flexibility index (Phi) is 63.7. The normalized spacial score (nSPS) is 13.2. The van der Waals surface area contributed by atoms with Crippen molar-refractivity contribution in [3.63, 3.8) is 0 Å². The Labute approximate surface area is 525 Å². The second-order valence-electron chi connectivity index (χ2n) is 25.2. The second kappa shape index (κ2) is 66.4. The van der Waals surface area contributed by atoms with Crippen LogP contribution >= 0.6 is 0 Å². The number of unbranched alkanes of at least 4 members (excludes halogenated alkanes) is 37. The van der Waals surface area contributed by atoms with Gasteiger partial charge in [0.25, 0.3) is 0 Å². The first kappa shape index (κ1) is 81.5. The van der Waals surface area contributed by atoms with Crippen LogP contribution in [0.3, 0.4) is 0 Å². The number of hydrogen-bond donors (Lipinski definition) is 0. The molecule has 0 spiro atoms. The minimum absolute atomic E-state index is 0.141. The molecule has 9 nitrogen and oxygen atoms in total. The van der Waals surface area contributed by atoms with E-state index in [1.54, 1.807) is 0 Å². The molecule has 492 valence electrons. The first-order chi connectivity index (χ1) is 41.6. The predicted molar refractivity (Wildman–Crippen MR) is 361 cm³/mol. The lowest BCUT2D eigenvalue weighted by atomic mass is 10.0. The van der Waals surface area contributed by atoms with Gasteiger partial charge in [-0.3, -0.25) is 9.59 Å². The first-order valence-electron chi connectivity index (χ1n) is 35.7. The Morgan fingerprint density at radius 1 is 0.365 bits per heavy atom. The monoisotopic (exact) mass is 1190 g/mol. The minimum atomic E-state index is -1.63. The Morgan fingerprint density at radius 3 is 1.00 bits per heavy atom. The second-order valence-corrected chi connectivity index (χ2v) is 25.2. The maximum Gasteiger partial charge on any atom is 0.306 e. The van der Waals surface area contributed by atoms with Crippen molar-refractivity contribution in [2.45, 2.75) is 334 Å². The van der Waals surface area contributed by atoms with Crippen LogP contribution in [0, 0.1) is 0 Å². The largest absolute Gasteiger partial charge is 0.545 e. The van der Waals surface area contributed by atoms with Crippen molar-refractivity contribution in [2.24, 2.45) is 0 Å². The molecule has 0 aliphatic carbocycles. The molecule has 0 N–H and O–H groups in total. The topological polar surface area (TPSA) is 111 Å². The summed E-state index contributed by atoms with van der Waals surface area (Å²) in [6.07, 6.45) is 86.8. The fourth-order valence-electron chi connectivity index (χ4n) is 10.2. The smallest absolute Gasteiger partial charge is 0.306 e. The van der Waals surface area contributed by atoms with Gasteiger partial charge in [-0.15, -0.1) is 0 Å². The van der Waals surface area contributed by atoms with Crippen LogP contribution in [0.2, 0.25) is 0 Å². The van der Waals surface area contributed by atoms with Crippen molar-refractivity contribution in [2.75, 3.05) is 47.5 Å². The predicted octanol–water partition coefficient (Wildman–Crippen LogP) is 20.9. The van der Waals surface area contributed by atoms with Gasteiger partial charge in [0.05, 0.1) is 40.3 Å². The molecular weight excluding hydrogens is 1050 g/mol. The number of allylic oxidation sites excluding steroid dienone is 14. The number of carbonyl (C=O) groups is 3. The third-order valence-corrected chi connectivity index (χ3v) is 15.7. The first-order valence-corrected chi connectivity index (χ1v) is 35.7. The van der Waals surface area contributed by atoms with E-state index in [1.807, 2.05) is 21.1 Å². The molecule has 9 heteroatoms. The molecule has 0 rings (SSSR count). The zero-order chi connectivity index (χ0) is 61.9. The zero-order valence-corrected chi connectivity index (χ0v) is 56.2. The average Bonchev–Trinajstić information content (AvgIpc) is 3.48. The van der Waals surface area contributed by atoms with Gasteiger partial charge in [0.1, 0.15) is 13.2 Å². The summed E-state index contributed by atoms with van der Waals surface area (Å²) in [6, 6.07) is 0. The number of hydrogen-bond acceptors (Lipinski definition) is 8. The number of carboxylic acid groups (broad SMARTS) is 1. The summed E-state index contributed by atoms with van der Waals surface area (Å²) in [5.74, 6) is -2.30. The number of likely N-dealkylation sites (N-methyl/N-ethyl adjacent to an activating group) is 1. The van der Waals surface area contributed by atoms with E-state index >= 15 is 0 Å². The van der Waals surface area contributed by atoms with Crippen LogP contribution in [0.5, 0.6) is 0 Å². The summed E-state index contributed by atoms with van der Waals surface area (Å²) in [6.45, 7) is 4.65. The summed E-state index contributed by atoms with van der Waals surface area (Å²) in [5.41, 5.74) is 0. The highest BCUT2D eigenvalue weighted by atomic mass is 16.7. The number of rotatable bonds is 66. The fourth-order valence-corrected chi connectivity index (χ4v) is 10.2. The van der Waals surface area contributed by atoms with Crippen molar-refractivity contribution >= 4 is 17.9 Å². The average molecular weight is 1190 g/mol. The molecule has 0 saturated heterocycles. The maximum atomic E-state index is 12.9. The van der Waals surface area contributed by atoms with Crippen LogP contribution in [0.15, 0.2) is 85.1 Å². The third-order valence-electron chi connectivity index (χ3n) is 15.7. The van der Waals surface area contributed by atoms with Gasteiger partial charge >= 0.3 is 11.9 Å². The molecule has 0 aliphatic rings. The minimum Gasteiger partial charge on any atom is -0.545 e. The van der Waals surface area contributed by atoms with Crippen molar-refractivity contribution in [3.8, 4) is 0 Å². The standard InChI is InChI=1S/C76H135NO8/c1-6-8-10-12-14-16-18-20-22-24-26-28-30-32-34-35-36-37-38-39-41-42-44-46-48-50-52-54-56-58-60-62-64-66-73(78)83-70-72(71-84-76(75(80)81)82-69-68-77(3,4)5)85-74(79)67-65-63-61-59-57-55-53-51-49-47-45-43-40-33-31-29-27-25-23-21-19-17-15-13-11-9-7-2/h9,11,15,17,21,23,27,29,33,40,45,47,51,53,72,76H,6-8,10,12-14,16,18-20,22,24-26,28,30-32,34-39,41-44,46,48-50,52,54-71H2,1-5H3/b11-9-,17-15-,23-21-,29-27-,40-33-,47-45-,53-51-. The Bertz CT molecular complexity index is 1670. The van der Waals surface area contributed by atoms with Gasteiger partial charge in [-0.2, -0.15) is 0 Å². The molecule has 0 aromatic rings. The molecule has 0 saturated carbocycles. The highest BCUT2D eigenvalue weighted by molar-refractivity contribution is 5.70. The van der Waals surface area contributed by atoms with Gasteiger partial charge in [-0.25, -0.2) is 0 Å². The van der Waals surface area contributed by atoms with E-state index in [0.29, 0.717) is 17.4 Å². The molecule has 0 heterocycles. The van der Waals surface area contributed by atoms with Gasteiger partial charge in [0.2, 0.25) is 0 Å². The maximum absolute atomic E-state index is 12.9. The number of ether oxygens (including phenoxy) is 4. The van der Waals surface area contributed by atoms with Crippen molar-refractivity contribution < 1.29 is 42.9 Å². The number of carboxylic acids is 1. The number of aliphatic carboxylic acids is 1. The fraction of sp³-hybridized carbons (Fsp3) is 0.776. The quantitative estimate of drug-likeness (QED) is 0.0195. The van der Waals surface area contributed by atoms with Crippen LogP contribution in [0.1, 0.15) is 322 Å². The lowest BCUT2D eigenvalue weighted by molar-refractivity contribution is -0.870. The molecule has 0 fully saturated rings. The molecule has 0 aromatic heterocycles. The van der Waals surface area contributed by atoms with Gasteiger partial charge in [0.15, 0.2) is 12.4 Å². The van der Waals surface area contributed by atoms with Crippen LogP contribution in [0.4, 0.5) is 0 Å². The van der Waals surface area contributed by atoms with Crippen molar-refractivity contribution in [3.05, 3.63) is 85.1 Å². The van der Waals surface area contributed by atoms with Gasteiger partial charge < -0.3 is 33.3 Å². The number of quaternary nitrogens is 1. The van der Waals surface area contributed by atoms with E-state index in [1.165, 1.54) is 193 Å². The van der Waals surface area contributed by atoms with Crippen LogP contribution in [-0.4, -0.2) is 82.3 Å². The molecule has 0 aliphatic heterocycles. The Hall–Kier alpha value is -3.53. The summed E-state index contributed by atoms with van der Waals surface area (Å²) in [7, 11) is 5.92. The Morgan fingerprint density at radius 2 is 0.671 bits per heavy atom. The third kappa shape index (κ3) is 67.8. The molecular formula is C76H135NO8. The van der Waals surface area contributed by atoms with Crippen molar-refractivity contribution in [1.29, 1.82) is 0 Å². The summed E-state index contributed by atoms with van der Waals surface area (Å²) in [5, 5.41) is 11.8. The molecule has 2 atom stereocenters. The van der Waals surface area contributed by atoms with E-state index in [9.17, 15) is 19.5 Å². The highest BCUT2D eigenvalue weighted by Crippen LogP contribution is 2.18. The van der Waals surface area contributed by atoms with E-state index < -0.39 is 24.3 Å². The lowest BCUT2D eigenvalue weighted by Crippen LogP contribution is -2.44. The van der Waals surface area contributed by atoms with Gasteiger partial charge in [0, 0.05) is 12.8 Å².